The van der Waals surface area contributed by atoms with Crippen LogP contribution in [-0.4, -0.2) is 4.98 Å². The van der Waals surface area contributed by atoms with Crippen molar-refractivity contribution in [2.24, 2.45) is 5.73 Å². The maximum atomic E-state index is 5.72. The van der Waals surface area contributed by atoms with E-state index in [4.69, 9.17) is 5.73 Å². The van der Waals surface area contributed by atoms with E-state index < -0.39 is 0 Å². The summed E-state index contributed by atoms with van der Waals surface area (Å²) in [5, 5.41) is 2.41. The number of rotatable bonds is 2. The van der Waals surface area contributed by atoms with Crippen LogP contribution < -0.4 is 5.73 Å². The number of benzene rings is 2. The average molecular weight is 248 g/mol. The first-order valence-electron chi connectivity index (χ1n) is 6.43. The summed E-state index contributed by atoms with van der Waals surface area (Å²) in [6.07, 6.45) is 1.93. The van der Waals surface area contributed by atoms with Crippen LogP contribution in [0, 0.1) is 6.92 Å². The second-order valence-electron chi connectivity index (χ2n) is 4.76. The molecule has 0 fully saturated rings. The van der Waals surface area contributed by atoms with E-state index in [9.17, 15) is 0 Å². The summed E-state index contributed by atoms with van der Waals surface area (Å²) in [7, 11) is 0. The Kier molecular flexibility index (Phi) is 3.02. The summed E-state index contributed by atoms with van der Waals surface area (Å²) >= 11 is 0. The maximum absolute atomic E-state index is 5.72. The van der Waals surface area contributed by atoms with Gasteiger partial charge in [-0.3, -0.25) is 4.98 Å². The molecule has 0 bridgehead atoms. The topological polar surface area (TPSA) is 38.9 Å². The van der Waals surface area contributed by atoms with Gasteiger partial charge in [0.05, 0.1) is 0 Å². The van der Waals surface area contributed by atoms with Crippen molar-refractivity contribution in [2.75, 3.05) is 0 Å². The Morgan fingerprint density at radius 3 is 2.74 bits per heavy atom. The van der Waals surface area contributed by atoms with Crippen LogP contribution in [0.2, 0.25) is 0 Å². The van der Waals surface area contributed by atoms with E-state index in [1.165, 1.54) is 21.9 Å². The van der Waals surface area contributed by atoms with Gasteiger partial charge >= 0.3 is 0 Å². The van der Waals surface area contributed by atoms with Gasteiger partial charge in [-0.2, -0.15) is 0 Å². The first-order valence-corrected chi connectivity index (χ1v) is 6.43. The van der Waals surface area contributed by atoms with Crippen LogP contribution in [0.4, 0.5) is 0 Å². The van der Waals surface area contributed by atoms with E-state index >= 15 is 0 Å². The van der Waals surface area contributed by atoms with Gasteiger partial charge in [-0.05, 0) is 41.1 Å². The van der Waals surface area contributed by atoms with E-state index in [1.54, 1.807) is 0 Å². The van der Waals surface area contributed by atoms with Crippen molar-refractivity contribution >= 4 is 10.8 Å². The van der Waals surface area contributed by atoms with Crippen LogP contribution in [0.5, 0.6) is 0 Å². The molecule has 0 saturated heterocycles. The highest BCUT2D eigenvalue weighted by atomic mass is 14.7. The number of fused-ring (bicyclic) bond motifs is 1. The zero-order chi connectivity index (χ0) is 13.2. The van der Waals surface area contributed by atoms with Gasteiger partial charge in [0.1, 0.15) is 0 Å². The molecule has 0 aliphatic heterocycles. The van der Waals surface area contributed by atoms with Gasteiger partial charge < -0.3 is 5.73 Å². The zero-order valence-electron chi connectivity index (χ0n) is 10.9. The highest BCUT2D eigenvalue weighted by Crippen LogP contribution is 2.29. The second-order valence-corrected chi connectivity index (χ2v) is 4.76. The molecule has 0 aliphatic rings. The van der Waals surface area contributed by atoms with Crippen molar-refractivity contribution in [2.45, 2.75) is 13.5 Å². The van der Waals surface area contributed by atoms with Gasteiger partial charge in [0, 0.05) is 23.8 Å². The third-order valence-corrected chi connectivity index (χ3v) is 3.37. The predicted octanol–water partition coefficient (Wildman–Crippen LogP) is 3.67. The molecule has 1 heterocycles. The fourth-order valence-corrected chi connectivity index (χ4v) is 2.39. The summed E-state index contributed by atoms with van der Waals surface area (Å²) in [6, 6.07) is 16.9. The third-order valence-electron chi connectivity index (χ3n) is 3.37. The summed E-state index contributed by atoms with van der Waals surface area (Å²) in [5.74, 6) is 0. The van der Waals surface area contributed by atoms with E-state index in [0.717, 1.165) is 11.3 Å². The number of nitrogens with two attached hydrogens (primary N) is 1. The molecule has 0 spiro atoms. The molecule has 94 valence electrons. The lowest BCUT2D eigenvalue weighted by molar-refractivity contribution is 1.07. The Morgan fingerprint density at radius 2 is 1.89 bits per heavy atom. The lowest BCUT2D eigenvalue weighted by Crippen LogP contribution is -1.96. The summed E-state index contributed by atoms with van der Waals surface area (Å²) in [6.45, 7) is 2.59. The van der Waals surface area contributed by atoms with Crippen LogP contribution in [0.3, 0.4) is 0 Å². The molecule has 2 N–H and O–H groups in total. The van der Waals surface area contributed by atoms with Crippen molar-refractivity contribution in [3.05, 3.63) is 66.0 Å². The Balaban J connectivity index is 2.26. The highest BCUT2D eigenvalue weighted by Gasteiger charge is 2.05. The number of hydrogen-bond donors (Lipinski definition) is 1. The SMILES string of the molecule is Cc1cc2c(-c3cccc(CN)c3)cccc2cn1. The molecule has 1 aromatic heterocycles. The van der Waals surface area contributed by atoms with Crippen LogP contribution in [-0.2, 0) is 6.54 Å². The minimum atomic E-state index is 0.569. The standard InChI is InChI=1S/C17H16N2/c1-12-8-17-15(11-19-12)6-3-7-16(17)14-5-2-4-13(9-14)10-18/h2-9,11H,10,18H2,1H3. The van der Waals surface area contributed by atoms with Crippen LogP contribution in [0.25, 0.3) is 21.9 Å². The molecule has 0 atom stereocenters. The van der Waals surface area contributed by atoms with Gasteiger partial charge in [-0.15, -0.1) is 0 Å². The van der Waals surface area contributed by atoms with Gasteiger partial charge in [-0.1, -0.05) is 36.4 Å². The highest BCUT2D eigenvalue weighted by molar-refractivity contribution is 5.96. The Bertz CT molecular complexity index is 732. The molecule has 2 aromatic carbocycles. The number of hydrogen-bond acceptors (Lipinski definition) is 2. The second kappa shape index (κ2) is 4.82. The minimum absolute atomic E-state index is 0.569. The Morgan fingerprint density at radius 1 is 1.05 bits per heavy atom. The summed E-state index contributed by atoms with van der Waals surface area (Å²) in [5.41, 5.74) is 10.4. The van der Waals surface area contributed by atoms with Gasteiger partial charge in [0.2, 0.25) is 0 Å². The Hall–Kier alpha value is -2.19. The van der Waals surface area contributed by atoms with Crippen molar-refractivity contribution in [3.8, 4) is 11.1 Å². The van der Waals surface area contributed by atoms with Gasteiger partial charge in [0.15, 0.2) is 0 Å². The molecule has 0 aliphatic carbocycles. The van der Waals surface area contributed by atoms with Crippen molar-refractivity contribution in [1.29, 1.82) is 0 Å². The van der Waals surface area contributed by atoms with Crippen LogP contribution >= 0.6 is 0 Å². The molecule has 0 amide bonds. The fourth-order valence-electron chi connectivity index (χ4n) is 2.39. The van der Waals surface area contributed by atoms with E-state index in [2.05, 4.69) is 53.5 Å². The van der Waals surface area contributed by atoms with Crippen molar-refractivity contribution in [3.63, 3.8) is 0 Å². The van der Waals surface area contributed by atoms with Crippen molar-refractivity contribution in [1.82, 2.24) is 4.98 Å². The average Bonchev–Trinajstić information content (AvgIpc) is 2.46. The monoisotopic (exact) mass is 248 g/mol. The molecular formula is C17H16N2. The first-order chi connectivity index (χ1) is 9.28. The lowest BCUT2D eigenvalue weighted by atomic mass is 9.97. The lowest BCUT2D eigenvalue weighted by Gasteiger charge is -2.08. The molecule has 3 aromatic rings. The number of aryl methyl sites for hydroxylation is 1. The number of pyridine rings is 1. The van der Waals surface area contributed by atoms with Crippen LogP contribution in [0.15, 0.2) is 54.7 Å². The van der Waals surface area contributed by atoms with Gasteiger partial charge in [0.25, 0.3) is 0 Å². The molecule has 19 heavy (non-hydrogen) atoms. The fraction of sp³-hybridized carbons (Fsp3) is 0.118. The predicted molar refractivity (Wildman–Crippen MR) is 79.8 cm³/mol. The smallest absolute Gasteiger partial charge is 0.0379 e. The molecule has 0 unspecified atom stereocenters. The van der Waals surface area contributed by atoms with E-state index in [-0.39, 0.29) is 0 Å². The summed E-state index contributed by atoms with van der Waals surface area (Å²) in [4.78, 5) is 4.36. The molecule has 3 rings (SSSR count). The number of aromatic nitrogens is 1. The maximum Gasteiger partial charge on any atom is 0.0379 e. The number of nitrogens with zero attached hydrogens (tertiary/aromatic N) is 1. The quantitative estimate of drug-likeness (QED) is 0.751. The van der Waals surface area contributed by atoms with Crippen molar-refractivity contribution < 1.29 is 0 Å². The largest absolute Gasteiger partial charge is 0.326 e. The third kappa shape index (κ3) is 2.23. The van der Waals surface area contributed by atoms with E-state index in [1.807, 2.05) is 13.1 Å². The summed E-state index contributed by atoms with van der Waals surface area (Å²) < 4.78 is 0. The normalized spacial score (nSPS) is 10.8. The molecule has 0 radical (unpaired) electrons. The Labute approximate surface area is 112 Å². The minimum Gasteiger partial charge on any atom is -0.326 e. The molecule has 0 saturated carbocycles. The molecule has 2 nitrogen and oxygen atoms in total. The first kappa shape index (κ1) is 11.9. The molecule has 2 heteroatoms. The van der Waals surface area contributed by atoms with Gasteiger partial charge in [-0.25, -0.2) is 0 Å². The molecular weight excluding hydrogens is 232 g/mol. The van der Waals surface area contributed by atoms with E-state index in [0.29, 0.717) is 6.54 Å². The zero-order valence-corrected chi connectivity index (χ0v) is 10.9. The van der Waals surface area contributed by atoms with Crippen LogP contribution in [0.1, 0.15) is 11.3 Å².